The van der Waals surface area contributed by atoms with Crippen molar-refractivity contribution in [3.63, 3.8) is 0 Å². The molecule has 0 bridgehead atoms. The topological polar surface area (TPSA) is 68.1 Å². The standard InChI is InChI=1S/C36H39ClN4O2S3/c1-19-14-22(4)31(27(37)15-19)40(23(5)42)34-38-25(17-44-34)18-45-35-39-32-29(26-13-12-24(36(6,7)8)16-28(26)46-32)33(43)41(35)30-20(2)10-9-11-21(30)3/h9-11,14-15,17,24H,12-13,16,18H2,1-8H3. The van der Waals surface area contributed by atoms with Gasteiger partial charge in [-0.1, -0.05) is 68.4 Å². The van der Waals surface area contributed by atoms with E-state index in [-0.39, 0.29) is 16.9 Å². The molecule has 0 saturated heterocycles. The van der Waals surface area contributed by atoms with Gasteiger partial charge in [-0.15, -0.1) is 22.7 Å². The molecule has 1 aliphatic carbocycles. The lowest BCUT2D eigenvalue weighted by molar-refractivity contribution is -0.115. The van der Waals surface area contributed by atoms with Crippen molar-refractivity contribution >= 4 is 73.0 Å². The van der Waals surface area contributed by atoms with E-state index in [2.05, 4.69) is 20.8 Å². The SMILES string of the molecule is CC(=O)N(c1nc(CSc2nc3sc4c(c3c(=O)n2-c2c(C)cccc2C)CCC(C(C)(C)C)C4)cs1)c1c(C)cc(C)cc1Cl. The van der Waals surface area contributed by atoms with Crippen molar-refractivity contribution in [2.45, 2.75) is 85.6 Å². The molecule has 10 heteroatoms. The van der Waals surface area contributed by atoms with Crippen molar-refractivity contribution < 1.29 is 4.79 Å². The number of rotatable bonds is 6. The van der Waals surface area contributed by atoms with Gasteiger partial charge in [0.05, 0.1) is 27.5 Å². The van der Waals surface area contributed by atoms with Crippen LogP contribution in [0.3, 0.4) is 0 Å². The number of aryl methyl sites for hydroxylation is 5. The highest BCUT2D eigenvalue weighted by atomic mass is 35.5. The average molecular weight is 691 g/mol. The van der Waals surface area contributed by atoms with E-state index in [1.807, 2.05) is 68.0 Å². The van der Waals surface area contributed by atoms with Crippen LogP contribution in [0.1, 0.15) is 72.5 Å². The number of thioether (sulfide) groups is 1. The summed E-state index contributed by atoms with van der Waals surface area (Å²) in [4.78, 5) is 41.2. The molecule has 1 atom stereocenters. The van der Waals surface area contributed by atoms with Gasteiger partial charge in [0, 0.05) is 22.9 Å². The fourth-order valence-corrected chi connectivity index (χ4v) is 10.2. The van der Waals surface area contributed by atoms with Crippen molar-refractivity contribution in [3.05, 3.63) is 89.5 Å². The van der Waals surface area contributed by atoms with E-state index in [9.17, 15) is 9.59 Å². The number of anilines is 2. The van der Waals surface area contributed by atoms with E-state index in [0.29, 0.717) is 32.7 Å². The van der Waals surface area contributed by atoms with Gasteiger partial charge in [0.25, 0.3) is 5.56 Å². The van der Waals surface area contributed by atoms with E-state index in [4.69, 9.17) is 21.6 Å². The van der Waals surface area contributed by atoms with Crippen LogP contribution in [0.2, 0.25) is 5.02 Å². The Bertz CT molecular complexity index is 2010. The molecule has 1 amide bonds. The first-order chi connectivity index (χ1) is 21.7. The highest BCUT2D eigenvalue weighted by molar-refractivity contribution is 7.98. The number of benzene rings is 2. The van der Waals surface area contributed by atoms with Gasteiger partial charge in [-0.3, -0.25) is 19.1 Å². The van der Waals surface area contributed by atoms with Gasteiger partial charge in [0.2, 0.25) is 5.91 Å². The normalized spacial score (nSPS) is 14.9. The fraction of sp³-hybridized carbons (Fsp3) is 0.389. The molecule has 2 aromatic carbocycles. The zero-order chi connectivity index (χ0) is 33.1. The largest absolute Gasteiger partial charge is 0.274 e. The molecular formula is C36H39ClN4O2S3. The second-order valence-corrected chi connectivity index (χ2v) is 16.7. The third-order valence-corrected chi connectivity index (χ3v) is 12.2. The van der Waals surface area contributed by atoms with Crippen LogP contribution in [-0.4, -0.2) is 20.4 Å². The Balaban J connectivity index is 1.40. The van der Waals surface area contributed by atoms with Gasteiger partial charge in [-0.2, -0.15) is 0 Å². The number of carbonyl (C=O) groups excluding carboxylic acids is 1. The summed E-state index contributed by atoms with van der Waals surface area (Å²) in [5.74, 6) is 0.909. The number of para-hydroxylation sites is 1. The second-order valence-electron chi connectivity index (χ2n) is 13.4. The molecular weight excluding hydrogens is 652 g/mol. The van der Waals surface area contributed by atoms with Crippen molar-refractivity contribution in [3.8, 4) is 5.69 Å². The number of aromatic nitrogens is 3. The first-order valence-corrected chi connectivity index (χ1v) is 18.6. The van der Waals surface area contributed by atoms with Gasteiger partial charge >= 0.3 is 0 Å². The maximum absolute atomic E-state index is 14.5. The molecule has 0 radical (unpaired) electrons. The predicted octanol–water partition coefficient (Wildman–Crippen LogP) is 9.92. The molecule has 6 rings (SSSR count). The molecule has 6 nitrogen and oxygen atoms in total. The Morgan fingerprint density at radius 3 is 2.48 bits per heavy atom. The molecule has 0 fully saturated rings. The highest BCUT2D eigenvalue weighted by Crippen LogP contribution is 2.43. The summed E-state index contributed by atoms with van der Waals surface area (Å²) in [5.41, 5.74) is 7.75. The molecule has 0 spiro atoms. The lowest BCUT2D eigenvalue weighted by atomic mass is 9.72. The van der Waals surface area contributed by atoms with Gasteiger partial charge < -0.3 is 0 Å². The number of nitrogens with zero attached hydrogens (tertiary/aromatic N) is 4. The number of fused-ring (bicyclic) bond motifs is 3. The van der Waals surface area contributed by atoms with E-state index in [1.165, 1.54) is 40.5 Å². The minimum Gasteiger partial charge on any atom is -0.274 e. The minimum absolute atomic E-state index is 0.00261. The summed E-state index contributed by atoms with van der Waals surface area (Å²) in [6, 6.07) is 10.0. The summed E-state index contributed by atoms with van der Waals surface area (Å²) in [6.07, 6.45) is 2.98. The second kappa shape index (κ2) is 12.6. The summed E-state index contributed by atoms with van der Waals surface area (Å²) in [5, 5.41) is 4.47. The summed E-state index contributed by atoms with van der Waals surface area (Å²) >= 11 is 11.2. The first kappa shape index (κ1) is 32.9. The van der Waals surface area contributed by atoms with Crippen LogP contribution < -0.4 is 10.5 Å². The fourth-order valence-electron chi connectivity index (χ4n) is 6.58. The maximum atomic E-state index is 14.5. The maximum Gasteiger partial charge on any atom is 0.267 e. The number of hydrogen-bond acceptors (Lipinski definition) is 7. The molecule has 0 N–H and O–H groups in total. The summed E-state index contributed by atoms with van der Waals surface area (Å²) < 4.78 is 1.82. The van der Waals surface area contributed by atoms with Crippen LogP contribution in [0.5, 0.6) is 0 Å². The molecule has 240 valence electrons. The lowest BCUT2D eigenvalue weighted by Crippen LogP contribution is -2.27. The number of thiophene rings is 1. The molecule has 1 aliphatic rings. The third kappa shape index (κ3) is 6.07. The van der Waals surface area contributed by atoms with E-state index in [0.717, 1.165) is 63.1 Å². The minimum atomic E-state index is -0.159. The number of amides is 1. The monoisotopic (exact) mass is 690 g/mol. The summed E-state index contributed by atoms with van der Waals surface area (Å²) in [6.45, 7) is 16.5. The van der Waals surface area contributed by atoms with Crippen LogP contribution in [0.4, 0.5) is 10.8 Å². The molecule has 0 saturated carbocycles. The first-order valence-electron chi connectivity index (χ1n) is 15.5. The molecule has 3 heterocycles. The quantitative estimate of drug-likeness (QED) is 0.131. The lowest BCUT2D eigenvalue weighted by Gasteiger charge is -2.33. The zero-order valence-electron chi connectivity index (χ0n) is 27.6. The number of carbonyl (C=O) groups is 1. The number of halogens is 1. The molecule has 5 aromatic rings. The van der Waals surface area contributed by atoms with Gasteiger partial charge in [-0.25, -0.2) is 9.97 Å². The Labute approximate surface area is 287 Å². The number of thiazole rings is 1. The van der Waals surface area contributed by atoms with Crippen molar-refractivity contribution in [1.82, 2.24) is 14.5 Å². The third-order valence-electron chi connectivity index (χ3n) is 8.96. The van der Waals surface area contributed by atoms with Gasteiger partial charge in [0.15, 0.2) is 10.3 Å². The van der Waals surface area contributed by atoms with Crippen molar-refractivity contribution in [2.75, 3.05) is 4.90 Å². The Morgan fingerprint density at radius 1 is 1.11 bits per heavy atom. The highest BCUT2D eigenvalue weighted by Gasteiger charge is 2.33. The Kier molecular flexibility index (Phi) is 9.00. The van der Waals surface area contributed by atoms with Crippen LogP contribution in [0.25, 0.3) is 15.9 Å². The van der Waals surface area contributed by atoms with Crippen LogP contribution in [0, 0.1) is 39.0 Å². The molecule has 0 aliphatic heterocycles. The zero-order valence-corrected chi connectivity index (χ0v) is 30.8. The predicted molar refractivity (Wildman–Crippen MR) is 195 cm³/mol. The number of hydrogen-bond donors (Lipinski definition) is 0. The van der Waals surface area contributed by atoms with Crippen LogP contribution in [0.15, 0.2) is 45.7 Å². The molecule has 3 aromatic heterocycles. The Hall–Kier alpha value is -2.98. The summed E-state index contributed by atoms with van der Waals surface area (Å²) in [7, 11) is 0. The Morgan fingerprint density at radius 2 is 1.83 bits per heavy atom. The smallest absolute Gasteiger partial charge is 0.267 e. The van der Waals surface area contributed by atoms with Crippen molar-refractivity contribution in [1.29, 1.82) is 0 Å². The van der Waals surface area contributed by atoms with Gasteiger partial charge in [0.1, 0.15) is 4.83 Å². The van der Waals surface area contributed by atoms with Crippen molar-refractivity contribution in [2.24, 2.45) is 11.3 Å². The van der Waals surface area contributed by atoms with Crippen LogP contribution >= 0.6 is 46.0 Å². The molecule has 1 unspecified atom stereocenters. The van der Waals surface area contributed by atoms with Crippen LogP contribution in [-0.2, 0) is 23.4 Å². The average Bonchev–Trinajstić information content (AvgIpc) is 3.58. The van der Waals surface area contributed by atoms with E-state index < -0.39 is 0 Å². The van der Waals surface area contributed by atoms with E-state index >= 15 is 0 Å². The van der Waals surface area contributed by atoms with Gasteiger partial charge in [-0.05, 0) is 92.2 Å². The molecule has 46 heavy (non-hydrogen) atoms. The van der Waals surface area contributed by atoms with E-state index in [1.54, 1.807) is 16.2 Å².